The number of carbonyl (C=O) groups excluding carboxylic acids is 1. The predicted molar refractivity (Wildman–Crippen MR) is 126 cm³/mol. The Balaban J connectivity index is 1.78. The lowest BCUT2D eigenvalue weighted by molar-refractivity contribution is 0.102. The predicted octanol–water partition coefficient (Wildman–Crippen LogP) is 5.18. The van der Waals surface area contributed by atoms with E-state index in [4.69, 9.17) is 21.1 Å². The van der Waals surface area contributed by atoms with E-state index < -0.39 is 0 Å². The van der Waals surface area contributed by atoms with E-state index in [1.54, 1.807) is 37.4 Å². The van der Waals surface area contributed by atoms with Gasteiger partial charge >= 0.3 is 0 Å². The highest BCUT2D eigenvalue weighted by molar-refractivity contribution is 6.31. The van der Waals surface area contributed by atoms with Gasteiger partial charge in [0, 0.05) is 28.7 Å². The maximum absolute atomic E-state index is 12.9. The molecule has 0 aliphatic rings. The maximum atomic E-state index is 12.9. The smallest absolute Gasteiger partial charge is 0.257 e. The molecule has 6 nitrogen and oxygen atoms in total. The minimum atomic E-state index is -0.244. The van der Waals surface area contributed by atoms with Gasteiger partial charge in [0.15, 0.2) is 11.5 Å². The minimum Gasteiger partial charge on any atom is -0.493 e. The van der Waals surface area contributed by atoms with Gasteiger partial charge in [-0.15, -0.1) is 0 Å². The Morgan fingerprint density at radius 2 is 1.87 bits per heavy atom. The number of hydrogen-bond donors (Lipinski definition) is 1. The lowest BCUT2D eigenvalue weighted by Gasteiger charge is -2.19. The molecular weight excluding hydrogens is 414 g/mol. The average molecular weight is 442 g/mol. The normalized spacial score (nSPS) is 11.0. The molecule has 3 aromatic rings. The number of aryl methyl sites for hydroxylation is 1. The van der Waals surface area contributed by atoms with E-state index in [1.807, 2.05) is 19.1 Å². The number of ether oxygens (including phenoxy) is 2. The summed E-state index contributed by atoms with van der Waals surface area (Å²) in [6.07, 6.45) is 0. The molecule has 0 aliphatic heterocycles. The topological polar surface area (TPSA) is 63.7 Å². The van der Waals surface area contributed by atoms with Crippen LogP contribution in [0.4, 0.5) is 5.69 Å². The number of hydrogen-bond acceptors (Lipinski definition) is 5. The van der Waals surface area contributed by atoms with Gasteiger partial charge in [-0.3, -0.25) is 9.78 Å². The summed E-state index contributed by atoms with van der Waals surface area (Å²) in [5, 5.41) is 4.35. The first-order valence-corrected chi connectivity index (χ1v) is 10.7. The Labute approximate surface area is 188 Å². The Morgan fingerprint density at radius 3 is 2.58 bits per heavy atom. The molecule has 0 bridgehead atoms. The fourth-order valence-electron chi connectivity index (χ4n) is 3.36. The molecule has 0 spiro atoms. The Kier molecular flexibility index (Phi) is 7.71. The van der Waals surface area contributed by atoms with Gasteiger partial charge in [0.1, 0.15) is 6.61 Å². The number of rotatable bonds is 9. The number of benzene rings is 2. The second-order valence-corrected chi connectivity index (χ2v) is 7.59. The molecule has 1 N–H and O–H groups in total. The maximum Gasteiger partial charge on any atom is 0.257 e. The van der Waals surface area contributed by atoms with E-state index in [2.05, 4.69) is 29.0 Å². The van der Waals surface area contributed by atoms with Gasteiger partial charge in [-0.25, -0.2) is 0 Å². The number of likely N-dealkylation sites (N-methyl/N-ethyl adjacent to an activating group) is 1. The number of anilines is 1. The van der Waals surface area contributed by atoms with Crippen molar-refractivity contribution in [3.8, 4) is 11.5 Å². The number of amides is 1. The monoisotopic (exact) mass is 441 g/mol. The van der Waals surface area contributed by atoms with Gasteiger partial charge in [-0.05, 0) is 56.4 Å². The van der Waals surface area contributed by atoms with E-state index in [1.165, 1.54) is 0 Å². The molecule has 0 saturated carbocycles. The Morgan fingerprint density at radius 1 is 1.10 bits per heavy atom. The first-order valence-electron chi connectivity index (χ1n) is 10.4. The van der Waals surface area contributed by atoms with Gasteiger partial charge in [0.05, 0.1) is 23.9 Å². The van der Waals surface area contributed by atoms with Crippen molar-refractivity contribution in [3.05, 3.63) is 58.7 Å². The van der Waals surface area contributed by atoms with E-state index in [-0.39, 0.29) is 5.91 Å². The van der Waals surface area contributed by atoms with Crippen molar-refractivity contribution in [2.75, 3.05) is 38.7 Å². The van der Waals surface area contributed by atoms with Crippen molar-refractivity contribution in [2.24, 2.45) is 0 Å². The molecule has 2 aromatic carbocycles. The average Bonchev–Trinajstić information content (AvgIpc) is 2.76. The molecule has 0 saturated heterocycles. The SMILES string of the molecule is CCN(CC)CCOc1cc(NC(=O)c2cc3cc(Cl)ccc3nc2C)ccc1OC. The highest BCUT2D eigenvalue weighted by Gasteiger charge is 2.14. The van der Waals surface area contributed by atoms with Gasteiger partial charge in [0.2, 0.25) is 0 Å². The fourth-order valence-corrected chi connectivity index (χ4v) is 3.54. The lowest BCUT2D eigenvalue weighted by Crippen LogP contribution is -2.28. The van der Waals surface area contributed by atoms with Crippen molar-refractivity contribution < 1.29 is 14.3 Å². The molecule has 31 heavy (non-hydrogen) atoms. The molecule has 0 fully saturated rings. The van der Waals surface area contributed by atoms with Gasteiger partial charge in [0.25, 0.3) is 5.91 Å². The molecular formula is C24H28ClN3O3. The molecule has 7 heteroatoms. The Bertz CT molecular complexity index is 1070. The standard InChI is InChI=1S/C24H28ClN3O3/c1-5-28(6-2)11-12-31-23-15-19(8-10-22(23)30-4)27-24(29)20-14-17-13-18(25)7-9-21(17)26-16(20)3/h7-10,13-15H,5-6,11-12H2,1-4H3,(H,27,29). The summed E-state index contributed by atoms with van der Waals surface area (Å²) >= 11 is 6.09. The molecule has 1 aromatic heterocycles. The summed E-state index contributed by atoms with van der Waals surface area (Å²) < 4.78 is 11.3. The number of fused-ring (bicyclic) bond motifs is 1. The summed E-state index contributed by atoms with van der Waals surface area (Å²) in [5.41, 5.74) is 2.56. The lowest BCUT2D eigenvalue weighted by atomic mass is 10.1. The van der Waals surface area contributed by atoms with E-state index in [0.29, 0.717) is 40.1 Å². The third-order valence-corrected chi connectivity index (χ3v) is 5.43. The van der Waals surface area contributed by atoms with E-state index in [9.17, 15) is 4.79 Å². The van der Waals surface area contributed by atoms with Crippen molar-refractivity contribution in [3.63, 3.8) is 0 Å². The van der Waals surface area contributed by atoms with Crippen molar-refractivity contribution >= 4 is 34.1 Å². The second kappa shape index (κ2) is 10.5. The van der Waals surface area contributed by atoms with E-state index >= 15 is 0 Å². The fraction of sp³-hybridized carbons (Fsp3) is 0.333. The molecule has 0 aliphatic carbocycles. The quantitative estimate of drug-likeness (QED) is 0.495. The zero-order valence-corrected chi connectivity index (χ0v) is 19.1. The van der Waals surface area contributed by atoms with Crippen LogP contribution in [-0.4, -0.2) is 49.1 Å². The highest BCUT2D eigenvalue weighted by Crippen LogP contribution is 2.31. The summed E-state index contributed by atoms with van der Waals surface area (Å²) in [7, 11) is 1.60. The van der Waals surface area contributed by atoms with Crippen LogP contribution in [0.15, 0.2) is 42.5 Å². The molecule has 3 rings (SSSR count). The number of nitrogens with one attached hydrogen (secondary N) is 1. The molecule has 164 valence electrons. The number of halogens is 1. The summed E-state index contributed by atoms with van der Waals surface area (Å²) in [6, 6.07) is 12.6. The van der Waals surface area contributed by atoms with Crippen molar-refractivity contribution in [2.45, 2.75) is 20.8 Å². The molecule has 0 radical (unpaired) electrons. The van der Waals surface area contributed by atoms with Crippen molar-refractivity contribution in [1.29, 1.82) is 0 Å². The number of pyridine rings is 1. The zero-order valence-electron chi connectivity index (χ0n) is 18.4. The summed E-state index contributed by atoms with van der Waals surface area (Å²) in [5.74, 6) is 0.967. The van der Waals surface area contributed by atoms with Crippen LogP contribution < -0.4 is 14.8 Å². The highest BCUT2D eigenvalue weighted by atomic mass is 35.5. The third kappa shape index (κ3) is 5.66. The summed E-state index contributed by atoms with van der Waals surface area (Å²) in [4.78, 5) is 19.8. The molecule has 0 unspecified atom stereocenters. The van der Waals surface area contributed by atoms with Crippen LogP contribution in [0.3, 0.4) is 0 Å². The number of nitrogens with zero attached hydrogens (tertiary/aromatic N) is 2. The van der Waals surface area contributed by atoms with Crippen molar-refractivity contribution in [1.82, 2.24) is 9.88 Å². The van der Waals surface area contributed by atoms with E-state index in [0.717, 1.165) is 30.5 Å². The van der Waals surface area contributed by atoms with Crippen LogP contribution in [0.1, 0.15) is 29.9 Å². The molecule has 1 amide bonds. The minimum absolute atomic E-state index is 0.244. The van der Waals surface area contributed by atoms with Gasteiger partial charge in [-0.2, -0.15) is 0 Å². The van der Waals surface area contributed by atoms with Crippen LogP contribution >= 0.6 is 11.6 Å². The first-order chi connectivity index (χ1) is 14.9. The first kappa shape index (κ1) is 22.8. The number of methoxy groups -OCH3 is 1. The van der Waals surface area contributed by atoms with Gasteiger partial charge < -0.3 is 19.7 Å². The number of carbonyl (C=O) groups is 1. The zero-order chi connectivity index (χ0) is 22.4. The van der Waals surface area contributed by atoms with Crippen LogP contribution in [0.25, 0.3) is 10.9 Å². The largest absolute Gasteiger partial charge is 0.493 e. The number of aromatic nitrogens is 1. The van der Waals surface area contributed by atoms with Crippen LogP contribution in [-0.2, 0) is 0 Å². The summed E-state index contributed by atoms with van der Waals surface area (Å²) in [6.45, 7) is 9.35. The third-order valence-electron chi connectivity index (χ3n) is 5.19. The molecule has 1 heterocycles. The van der Waals surface area contributed by atoms with Gasteiger partial charge in [-0.1, -0.05) is 25.4 Å². The van der Waals surface area contributed by atoms with Crippen LogP contribution in [0, 0.1) is 6.92 Å². The second-order valence-electron chi connectivity index (χ2n) is 7.15. The molecule has 0 atom stereocenters. The van der Waals surface area contributed by atoms with Crippen LogP contribution in [0.5, 0.6) is 11.5 Å². The Hall–Kier alpha value is -2.83. The van der Waals surface area contributed by atoms with Crippen LogP contribution in [0.2, 0.25) is 5.02 Å².